The number of ketones is 2. The zero-order valence-corrected chi connectivity index (χ0v) is 7.69. The Balaban J connectivity index is 2.18. The van der Waals surface area contributed by atoms with Crippen LogP contribution in [-0.2, 0) is 14.4 Å². The first-order valence-electron chi connectivity index (χ1n) is 4.30. The molecule has 0 unspecified atom stereocenters. The molecule has 0 bridgehead atoms. The third-order valence-electron chi connectivity index (χ3n) is 2.24. The fourth-order valence-electron chi connectivity index (χ4n) is 1.39. The van der Waals surface area contributed by atoms with Crippen LogP contribution in [0.2, 0.25) is 0 Å². The molecular formula is C10H9NO3. The van der Waals surface area contributed by atoms with E-state index in [-0.39, 0.29) is 11.6 Å². The largest absolute Gasteiger partial charge is 0.380 e. The number of allylic oxidation sites excluding steroid dienone is 2. The maximum Gasteiger partial charge on any atom is 0.180 e. The zero-order chi connectivity index (χ0) is 10.2. The predicted molar refractivity (Wildman–Crippen MR) is 49.8 cm³/mol. The molecule has 0 aromatic heterocycles. The Labute approximate surface area is 80.9 Å². The van der Waals surface area contributed by atoms with Crippen molar-refractivity contribution < 1.29 is 14.4 Å². The van der Waals surface area contributed by atoms with Crippen LogP contribution in [0.25, 0.3) is 0 Å². The normalized spacial score (nSPS) is 22.4. The topological polar surface area (TPSA) is 55.7 Å². The average Bonchev–Trinajstić information content (AvgIpc) is 2.56. The molecule has 2 aliphatic rings. The minimum absolute atomic E-state index is 0.0736. The molecule has 1 aliphatic heterocycles. The first kappa shape index (κ1) is 8.87. The van der Waals surface area contributed by atoms with Gasteiger partial charge in [-0.3, -0.25) is 9.59 Å². The molecule has 14 heavy (non-hydrogen) atoms. The molecule has 0 aromatic carbocycles. The highest BCUT2D eigenvalue weighted by molar-refractivity contribution is 6.39. The van der Waals surface area contributed by atoms with Crippen LogP contribution in [0.15, 0.2) is 29.5 Å². The standard InChI is InChI=1S/C10H9NO3/c1-7(12)9-6-10(14-11-9)4-2-8(13)3-5-10/h2-5H,6H2,1H3. The van der Waals surface area contributed by atoms with Gasteiger partial charge in [0.15, 0.2) is 17.2 Å². The summed E-state index contributed by atoms with van der Waals surface area (Å²) in [5.41, 5.74) is -0.289. The van der Waals surface area contributed by atoms with E-state index in [9.17, 15) is 9.59 Å². The predicted octanol–water partition coefficient (Wildman–Crippen LogP) is 0.786. The highest BCUT2D eigenvalue weighted by atomic mass is 16.7. The average molecular weight is 191 g/mol. The molecule has 72 valence electrons. The highest BCUT2D eigenvalue weighted by Gasteiger charge is 2.37. The van der Waals surface area contributed by atoms with Gasteiger partial charge in [0.25, 0.3) is 0 Å². The van der Waals surface area contributed by atoms with E-state index in [4.69, 9.17) is 4.84 Å². The molecule has 0 fully saturated rings. The number of rotatable bonds is 1. The fraction of sp³-hybridized carbons (Fsp3) is 0.300. The second kappa shape index (κ2) is 2.90. The van der Waals surface area contributed by atoms with Crippen LogP contribution >= 0.6 is 0 Å². The van der Waals surface area contributed by atoms with Gasteiger partial charge in [-0.25, -0.2) is 0 Å². The van der Waals surface area contributed by atoms with Gasteiger partial charge in [0.1, 0.15) is 5.71 Å². The summed E-state index contributed by atoms with van der Waals surface area (Å²) in [6.07, 6.45) is 6.53. The first-order valence-corrected chi connectivity index (χ1v) is 4.30. The van der Waals surface area contributed by atoms with Crippen LogP contribution in [0.5, 0.6) is 0 Å². The van der Waals surface area contributed by atoms with E-state index in [1.165, 1.54) is 19.1 Å². The summed E-state index contributed by atoms with van der Waals surface area (Å²) < 4.78 is 0. The van der Waals surface area contributed by atoms with Crippen molar-refractivity contribution in [3.63, 3.8) is 0 Å². The Morgan fingerprint density at radius 3 is 2.64 bits per heavy atom. The SMILES string of the molecule is CC(=O)C1=NOC2(C=CC(=O)C=C2)C1. The zero-order valence-electron chi connectivity index (χ0n) is 7.69. The number of carbonyl (C=O) groups excluding carboxylic acids is 2. The summed E-state index contributed by atoms with van der Waals surface area (Å²) in [5, 5.41) is 3.69. The molecule has 1 spiro atoms. The summed E-state index contributed by atoms with van der Waals surface area (Å²) >= 11 is 0. The number of nitrogens with zero attached hydrogens (tertiary/aromatic N) is 1. The summed E-state index contributed by atoms with van der Waals surface area (Å²) in [6.45, 7) is 1.45. The van der Waals surface area contributed by atoms with Crippen LogP contribution in [-0.4, -0.2) is 22.9 Å². The van der Waals surface area contributed by atoms with Gasteiger partial charge in [-0.1, -0.05) is 5.16 Å². The third kappa shape index (κ3) is 1.39. The molecule has 0 radical (unpaired) electrons. The van der Waals surface area contributed by atoms with Gasteiger partial charge < -0.3 is 4.84 Å². The number of carbonyl (C=O) groups is 2. The lowest BCUT2D eigenvalue weighted by Crippen LogP contribution is -2.27. The minimum Gasteiger partial charge on any atom is -0.380 e. The quantitative estimate of drug-likeness (QED) is 0.615. The molecule has 0 atom stereocenters. The second-order valence-corrected chi connectivity index (χ2v) is 3.39. The van der Waals surface area contributed by atoms with E-state index < -0.39 is 5.60 Å². The Hall–Kier alpha value is -1.71. The Kier molecular flexibility index (Phi) is 1.84. The number of hydrogen-bond acceptors (Lipinski definition) is 4. The summed E-state index contributed by atoms with van der Waals surface area (Å²) in [4.78, 5) is 27.0. The van der Waals surface area contributed by atoms with E-state index in [0.717, 1.165) is 0 Å². The van der Waals surface area contributed by atoms with Crippen molar-refractivity contribution in [2.45, 2.75) is 18.9 Å². The maximum atomic E-state index is 11.0. The highest BCUT2D eigenvalue weighted by Crippen LogP contribution is 2.29. The van der Waals surface area contributed by atoms with E-state index >= 15 is 0 Å². The van der Waals surface area contributed by atoms with Gasteiger partial charge in [-0.2, -0.15) is 0 Å². The van der Waals surface area contributed by atoms with Gasteiger partial charge in [0, 0.05) is 13.3 Å². The van der Waals surface area contributed by atoms with Crippen molar-refractivity contribution in [1.82, 2.24) is 0 Å². The van der Waals surface area contributed by atoms with E-state index in [1.807, 2.05) is 0 Å². The van der Waals surface area contributed by atoms with Crippen molar-refractivity contribution in [2.75, 3.05) is 0 Å². The molecule has 0 saturated carbocycles. The molecule has 1 heterocycles. The number of oxime groups is 1. The van der Waals surface area contributed by atoms with E-state index in [1.54, 1.807) is 12.2 Å². The lowest BCUT2D eigenvalue weighted by molar-refractivity contribution is -0.111. The summed E-state index contributed by atoms with van der Waals surface area (Å²) in [5.74, 6) is -0.170. The molecule has 0 amide bonds. The van der Waals surface area contributed by atoms with Crippen LogP contribution < -0.4 is 0 Å². The van der Waals surface area contributed by atoms with Gasteiger partial charge >= 0.3 is 0 Å². The van der Waals surface area contributed by atoms with Crippen LogP contribution in [0.4, 0.5) is 0 Å². The molecule has 4 nitrogen and oxygen atoms in total. The Morgan fingerprint density at radius 1 is 1.50 bits per heavy atom. The van der Waals surface area contributed by atoms with Crippen molar-refractivity contribution in [1.29, 1.82) is 0 Å². The van der Waals surface area contributed by atoms with Crippen molar-refractivity contribution in [3.05, 3.63) is 24.3 Å². The fourth-order valence-corrected chi connectivity index (χ4v) is 1.39. The summed E-state index contributed by atoms with van der Waals surface area (Å²) in [6, 6.07) is 0. The smallest absolute Gasteiger partial charge is 0.180 e. The third-order valence-corrected chi connectivity index (χ3v) is 2.24. The van der Waals surface area contributed by atoms with Gasteiger partial charge in [0.05, 0.1) is 0 Å². The van der Waals surface area contributed by atoms with Crippen molar-refractivity contribution in [3.8, 4) is 0 Å². The number of Topliss-reactive ketones (excluding diaryl/α,β-unsaturated/α-hetero) is 1. The van der Waals surface area contributed by atoms with E-state index in [2.05, 4.69) is 5.16 Å². The second-order valence-electron chi connectivity index (χ2n) is 3.39. The van der Waals surface area contributed by atoms with Crippen LogP contribution in [0.1, 0.15) is 13.3 Å². The maximum absolute atomic E-state index is 11.0. The van der Waals surface area contributed by atoms with E-state index in [0.29, 0.717) is 12.1 Å². The molecule has 0 saturated heterocycles. The number of hydrogen-bond donors (Lipinski definition) is 0. The molecule has 1 aliphatic carbocycles. The molecule has 2 rings (SSSR count). The Bertz CT molecular complexity index is 374. The lowest BCUT2D eigenvalue weighted by Gasteiger charge is -2.19. The first-order chi connectivity index (χ1) is 6.61. The van der Waals surface area contributed by atoms with Gasteiger partial charge in [-0.15, -0.1) is 0 Å². The van der Waals surface area contributed by atoms with Crippen LogP contribution in [0, 0.1) is 0 Å². The van der Waals surface area contributed by atoms with Crippen molar-refractivity contribution in [2.24, 2.45) is 5.16 Å². The molecule has 4 heteroatoms. The minimum atomic E-state index is -0.699. The Morgan fingerprint density at radius 2 is 2.14 bits per heavy atom. The molecular weight excluding hydrogens is 182 g/mol. The van der Waals surface area contributed by atoms with Crippen molar-refractivity contribution >= 4 is 17.3 Å². The summed E-state index contributed by atoms with van der Waals surface area (Å²) in [7, 11) is 0. The van der Waals surface area contributed by atoms with Gasteiger partial charge in [-0.05, 0) is 24.3 Å². The lowest BCUT2D eigenvalue weighted by atomic mass is 9.91. The molecule has 0 aromatic rings. The molecule has 0 N–H and O–H groups in total. The van der Waals surface area contributed by atoms with Crippen LogP contribution in [0.3, 0.4) is 0 Å². The monoisotopic (exact) mass is 191 g/mol. The van der Waals surface area contributed by atoms with Gasteiger partial charge in [0.2, 0.25) is 0 Å².